The summed E-state index contributed by atoms with van der Waals surface area (Å²) in [5.74, 6) is 1.87. The summed E-state index contributed by atoms with van der Waals surface area (Å²) in [6, 6.07) is 4.13. The molecule has 0 unspecified atom stereocenters. The van der Waals surface area contributed by atoms with Gasteiger partial charge in [-0.25, -0.2) is 9.97 Å². The van der Waals surface area contributed by atoms with E-state index in [1.807, 2.05) is 0 Å². The van der Waals surface area contributed by atoms with Crippen LogP contribution in [0.1, 0.15) is 50.6 Å². The van der Waals surface area contributed by atoms with Crippen molar-refractivity contribution in [1.82, 2.24) is 9.97 Å². The molecule has 4 nitrogen and oxygen atoms in total. The summed E-state index contributed by atoms with van der Waals surface area (Å²) < 4.78 is 6.23. The molecule has 1 aliphatic heterocycles. The molecule has 22 heavy (non-hydrogen) atoms. The number of hydrogen-bond acceptors (Lipinski definition) is 6. The molecule has 0 aliphatic carbocycles. The average molecular weight is 331 g/mol. The Hall–Kier alpha value is -1.66. The Morgan fingerprint density at radius 1 is 0.864 bits per heavy atom. The van der Waals surface area contributed by atoms with Crippen molar-refractivity contribution in [2.24, 2.45) is 0 Å². The first kappa shape index (κ1) is 14.0. The number of thiazole rings is 2. The number of fused-ring (bicyclic) bond motifs is 6. The molecule has 0 saturated heterocycles. The van der Waals surface area contributed by atoms with E-state index >= 15 is 0 Å². The molecule has 114 valence electrons. The number of furan rings is 1. The van der Waals surface area contributed by atoms with Gasteiger partial charge in [0.25, 0.3) is 0 Å². The topological polar surface area (TPSA) is 51.0 Å². The fourth-order valence-corrected chi connectivity index (χ4v) is 4.41. The minimum absolute atomic E-state index is 0.258. The van der Waals surface area contributed by atoms with Gasteiger partial charge in [0, 0.05) is 10.8 Å². The van der Waals surface area contributed by atoms with Crippen molar-refractivity contribution < 1.29 is 4.42 Å². The highest BCUT2D eigenvalue weighted by Gasteiger charge is 2.35. The summed E-state index contributed by atoms with van der Waals surface area (Å²) in [4.78, 5) is 9.42. The lowest BCUT2D eigenvalue weighted by atomic mass is 9.87. The molecule has 6 heteroatoms. The molecule has 3 aromatic heterocycles. The van der Waals surface area contributed by atoms with Gasteiger partial charge < -0.3 is 9.73 Å². The van der Waals surface area contributed by atoms with Crippen LogP contribution in [0.4, 0.5) is 10.3 Å². The molecule has 6 bridgehead atoms. The van der Waals surface area contributed by atoms with Crippen LogP contribution in [0.2, 0.25) is 0 Å². The summed E-state index contributed by atoms with van der Waals surface area (Å²) in [7, 11) is 0. The van der Waals surface area contributed by atoms with Crippen molar-refractivity contribution in [2.45, 2.75) is 38.5 Å². The highest BCUT2D eigenvalue weighted by Crippen LogP contribution is 2.41. The summed E-state index contributed by atoms with van der Waals surface area (Å²) in [5.41, 5.74) is 1.51. The summed E-state index contributed by atoms with van der Waals surface area (Å²) in [6.07, 6.45) is 0. The molecule has 0 aromatic carbocycles. The van der Waals surface area contributed by atoms with Crippen molar-refractivity contribution in [3.8, 4) is 0 Å². The van der Waals surface area contributed by atoms with Crippen LogP contribution < -0.4 is 5.32 Å². The molecule has 0 atom stereocenters. The van der Waals surface area contributed by atoms with E-state index in [1.165, 1.54) is 0 Å². The third-order valence-corrected chi connectivity index (χ3v) is 5.86. The quantitative estimate of drug-likeness (QED) is 0.636. The Kier molecular flexibility index (Phi) is 2.81. The fraction of sp³-hybridized carbons (Fsp3) is 0.375. The number of anilines is 2. The van der Waals surface area contributed by atoms with E-state index in [2.05, 4.69) is 55.9 Å². The third-order valence-electron chi connectivity index (χ3n) is 4.34. The smallest absolute Gasteiger partial charge is 0.189 e. The minimum atomic E-state index is -0.258. The molecule has 1 N–H and O–H groups in total. The second-order valence-corrected chi connectivity index (χ2v) is 8.33. The standard InChI is InChI=1S/C16H17N3OS2/c1-15(2)9-7-21-13(17-9)19-14-18-10(8-22-14)16(3,4)12-6-5-11(15)20-12/h5-8H,1-4H3,(H,17,18,19). The molecule has 0 spiro atoms. The van der Waals surface area contributed by atoms with Gasteiger partial charge in [-0.1, -0.05) is 0 Å². The predicted octanol–water partition coefficient (Wildman–Crippen LogP) is 4.90. The maximum Gasteiger partial charge on any atom is 0.189 e. The van der Waals surface area contributed by atoms with Crippen LogP contribution in [-0.2, 0) is 10.8 Å². The van der Waals surface area contributed by atoms with E-state index in [0.29, 0.717) is 0 Å². The van der Waals surface area contributed by atoms with Crippen molar-refractivity contribution >= 4 is 32.9 Å². The summed E-state index contributed by atoms with van der Waals surface area (Å²) >= 11 is 3.19. The van der Waals surface area contributed by atoms with E-state index in [0.717, 1.165) is 33.2 Å². The van der Waals surface area contributed by atoms with Gasteiger partial charge in [-0.15, -0.1) is 22.7 Å². The molecule has 0 amide bonds. The highest BCUT2D eigenvalue weighted by atomic mass is 32.1. The molecule has 4 rings (SSSR count). The Morgan fingerprint density at radius 3 is 1.77 bits per heavy atom. The Morgan fingerprint density at radius 2 is 1.32 bits per heavy atom. The van der Waals surface area contributed by atoms with Gasteiger partial charge in [0.2, 0.25) is 0 Å². The number of nitrogens with one attached hydrogen (secondary N) is 1. The van der Waals surface area contributed by atoms with Crippen LogP contribution in [0, 0.1) is 0 Å². The van der Waals surface area contributed by atoms with E-state index in [1.54, 1.807) is 22.7 Å². The lowest BCUT2D eigenvalue weighted by Crippen LogP contribution is -2.21. The van der Waals surface area contributed by atoms with Crippen molar-refractivity contribution in [2.75, 3.05) is 5.32 Å². The van der Waals surface area contributed by atoms with Gasteiger partial charge in [0.1, 0.15) is 11.5 Å². The number of rotatable bonds is 0. The van der Waals surface area contributed by atoms with E-state index < -0.39 is 0 Å². The first-order valence-electron chi connectivity index (χ1n) is 7.17. The average Bonchev–Trinajstić information content (AvgIpc) is 3.19. The number of aromatic nitrogens is 2. The first-order valence-corrected chi connectivity index (χ1v) is 8.93. The normalized spacial score (nSPS) is 18.2. The monoisotopic (exact) mass is 331 g/mol. The van der Waals surface area contributed by atoms with E-state index in [4.69, 9.17) is 14.4 Å². The fourth-order valence-electron chi connectivity index (χ4n) is 2.59. The van der Waals surface area contributed by atoms with Crippen molar-refractivity contribution in [3.63, 3.8) is 0 Å². The Labute approximate surface area is 137 Å². The van der Waals surface area contributed by atoms with Crippen molar-refractivity contribution in [3.05, 3.63) is 45.8 Å². The molecule has 4 heterocycles. The van der Waals surface area contributed by atoms with Crippen LogP contribution in [-0.4, -0.2) is 9.97 Å². The maximum atomic E-state index is 6.23. The molecule has 1 aliphatic rings. The van der Waals surface area contributed by atoms with Gasteiger partial charge >= 0.3 is 0 Å². The lowest BCUT2D eigenvalue weighted by molar-refractivity contribution is 0.359. The van der Waals surface area contributed by atoms with E-state index in [9.17, 15) is 0 Å². The largest absolute Gasteiger partial charge is 0.464 e. The van der Waals surface area contributed by atoms with Gasteiger partial charge in [-0.2, -0.15) is 0 Å². The zero-order chi connectivity index (χ0) is 15.5. The van der Waals surface area contributed by atoms with Crippen LogP contribution in [0.25, 0.3) is 0 Å². The second kappa shape index (κ2) is 4.43. The summed E-state index contributed by atoms with van der Waals surface area (Å²) in [5, 5.41) is 9.23. The number of nitrogens with zero attached hydrogens (tertiary/aromatic N) is 2. The molecule has 0 saturated carbocycles. The van der Waals surface area contributed by atoms with Gasteiger partial charge in [0.15, 0.2) is 10.3 Å². The molecule has 0 radical (unpaired) electrons. The first-order chi connectivity index (χ1) is 10.4. The Bertz CT molecular complexity index is 774. The van der Waals surface area contributed by atoms with Gasteiger partial charge in [-0.3, -0.25) is 0 Å². The maximum absolute atomic E-state index is 6.23. The highest BCUT2D eigenvalue weighted by molar-refractivity contribution is 7.16. The van der Waals surface area contributed by atoms with Crippen molar-refractivity contribution in [1.29, 1.82) is 0 Å². The van der Waals surface area contributed by atoms with Crippen LogP contribution in [0.5, 0.6) is 0 Å². The van der Waals surface area contributed by atoms with Gasteiger partial charge in [-0.05, 0) is 39.8 Å². The molecule has 3 aromatic rings. The zero-order valence-electron chi connectivity index (χ0n) is 12.9. The third kappa shape index (κ3) is 1.94. The van der Waals surface area contributed by atoms with Crippen LogP contribution >= 0.6 is 22.7 Å². The molecular formula is C16H17N3OS2. The molecule has 0 fully saturated rings. The SMILES string of the molecule is CC1(C)c2csc(n2)Nc2nc(cs2)C(C)(C)c2ccc1o2. The van der Waals surface area contributed by atoms with Crippen LogP contribution in [0.3, 0.4) is 0 Å². The number of hydrogen-bond donors (Lipinski definition) is 1. The Balaban J connectivity index is 1.97. The zero-order valence-corrected chi connectivity index (χ0v) is 14.6. The minimum Gasteiger partial charge on any atom is -0.464 e. The lowest BCUT2D eigenvalue weighted by Gasteiger charge is -2.23. The van der Waals surface area contributed by atoms with Gasteiger partial charge in [0.05, 0.1) is 22.2 Å². The predicted molar refractivity (Wildman–Crippen MR) is 90.5 cm³/mol. The molecular weight excluding hydrogens is 314 g/mol. The summed E-state index contributed by atoms with van der Waals surface area (Å²) in [6.45, 7) is 8.58. The van der Waals surface area contributed by atoms with E-state index in [-0.39, 0.29) is 10.8 Å². The van der Waals surface area contributed by atoms with Crippen LogP contribution in [0.15, 0.2) is 27.3 Å². The second-order valence-electron chi connectivity index (χ2n) is 6.61.